The first-order valence-corrected chi connectivity index (χ1v) is 10.5. The minimum Gasteiger partial charge on any atom is -0.496 e. The molecule has 0 amide bonds. The number of ether oxygens (including phenoxy) is 3. The van der Waals surface area contributed by atoms with E-state index in [1.165, 1.54) is 12.3 Å². The van der Waals surface area contributed by atoms with Crippen molar-refractivity contribution >= 4 is 15.7 Å². The molecule has 0 saturated carbocycles. The Kier molecular flexibility index (Phi) is 5.06. The molecule has 1 atom stereocenters. The predicted octanol–water partition coefficient (Wildman–Crippen LogP) is 2.84. The second kappa shape index (κ2) is 7.67. The summed E-state index contributed by atoms with van der Waals surface area (Å²) in [5.41, 5.74) is 1.11. The summed E-state index contributed by atoms with van der Waals surface area (Å²) in [7, 11) is -2.19. The summed E-state index contributed by atoms with van der Waals surface area (Å²) in [4.78, 5) is 0.157. The SMILES string of the molecule is COc1ccc(S(=O)(=O)Nc2cnn(CC3COc4ccccc4O3)c2)cc1C. The Morgan fingerprint density at radius 1 is 1.24 bits per heavy atom. The smallest absolute Gasteiger partial charge is 0.262 e. The first-order valence-electron chi connectivity index (χ1n) is 9.03. The lowest BCUT2D eigenvalue weighted by molar-refractivity contribution is 0.0759. The maximum Gasteiger partial charge on any atom is 0.262 e. The molecule has 0 spiro atoms. The lowest BCUT2D eigenvalue weighted by Gasteiger charge is -2.26. The molecule has 1 unspecified atom stereocenters. The molecule has 4 rings (SSSR count). The fraction of sp³-hybridized carbons (Fsp3) is 0.250. The standard InChI is InChI=1S/C20H21N3O5S/c1-14-9-17(7-8-18(14)26-2)29(24,25)22-15-10-21-23(11-15)12-16-13-27-19-5-3-4-6-20(19)28-16/h3-11,16,22H,12-13H2,1-2H3. The maximum absolute atomic E-state index is 12.7. The van der Waals surface area contributed by atoms with Gasteiger partial charge in [-0.1, -0.05) is 12.1 Å². The number of nitrogens with zero attached hydrogens (tertiary/aromatic N) is 2. The van der Waals surface area contributed by atoms with Crippen molar-refractivity contribution in [3.05, 3.63) is 60.4 Å². The number of anilines is 1. The van der Waals surface area contributed by atoms with Crippen LogP contribution in [-0.4, -0.2) is 38.0 Å². The van der Waals surface area contributed by atoms with Gasteiger partial charge in [-0.15, -0.1) is 0 Å². The van der Waals surface area contributed by atoms with E-state index in [0.29, 0.717) is 36.1 Å². The molecule has 0 radical (unpaired) electrons. The normalized spacial score (nSPS) is 15.7. The summed E-state index contributed by atoms with van der Waals surface area (Å²) >= 11 is 0. The molecular weight excluding hydrogens is 394 g/mol. The molecule has 1 N–H and O–H groups in total. The molecule has 1 aliphatic heterocycles. The Hall–Kier alpha value is -3.20. The number of para-hydroxylation sites is 2. The molecule has 2 aromatic carbocycles. The third-order valence-electron chi connectivity index (χ3n) is 4.52. The van der Waals surface area contributed by atoms with Gasteiger partial charge in [-0.25, -0.2) is 8.42 Å². The van der Waals surface area contributed by atoms with Gasteiger partial charge in [0.2, 0.25) is 0 Å². The number of sulfonamides is 1. The van der Waals surface area contributed by atoms with Gasteiger partial charge in [-0.05, 0) is 42.8 Å². The molecule has 1 aromatic heterocycles. The van der Waals surface area contributed by atoms with E-state index in [-0.39, 0.29) is 11.0 Å². The van der Waals surface area contributed by atoms with Gasteiger partial charge in [0.25, 0.3) is 10.0 Å². The van der Waals surface area contributed by atoms with Gasteiger partial charge in [0.05, 0.1) is 30.4 Å². The molecule has 0 bridgehead atoms. The van der Waals surface area contributed by atoms with E-state index in [2.05, 4.69) is 9.82 Å². The Morgan fingerprint density at radius 3 is 2.79 bits per heavy atom. The number of nitrogens with one attached hydrogen (secondary N) is 1. The zero-order chi connectivity index (χ0) is 20.4. The van der Waals surface area contributed by atoms with Crippen molar-refractivity contribution in [2.24, 2.45) is 0 Å². The van der Waals surface area contributed by atoms with Gasteiger partial charge in [0.1, 0.15) is 12.4 Å². The van der Waals surface area contributed by atoms with Crippen LogP contribution in [-0.2, 0) is 16.6 Å². The van der Waals surface area contributed by atoms with E-state index in [0.717, 1.165) is 5.56 Å². The van der Waals surface area contributed by atoms with Crippen molar-refractivity contribution in [3.8, 4) is 17.2 Å². The van der Waals surface area contributed by atoms with Crippen LogP contribution in [0.2, 0.25) is 0 Å². The van der Waals surface area contributed by atoms with Gasteiger partial charge in [0, 0.05) is 6.20 Å². The number of hydrogen-bond acceptors (Lipinski definition) is 6. The lowest BCUT2D eigenvalue weighted by atomic mass is 10.2. The van der Waals surface area contributed by atoms with Crippen LogP contribution in [0.25, 0.3) is 0 Å². The highest BCUT2D eigenvalue weighted by atomic mass is 32.2. The highest BCUT2D eigenvalue weighted by Gasteiger charge is 2.22. The maximum atomic E-state index is 12.7. The van der Waals surface area contributed by atoms with Crippen LogP contribution in [0.3, 0.4) is 0 Å². The molecule has 8 nitrogen and oxygen atoms in total. The number of aromatic nitrogens is 2. The molecular formula is C20H21N3O5S. The van der Waals surface area contributed by atoms with Crippen LogP contribution in [0.1, 0.15) is 5.56 Å². The van der Waals surface area contributed by atoms with Crippen LogP contribution in [0, 0.1) is 6.92 Å². The van der Waals surface area contributed by atoms with Crippen molar-refractivity contribution < 1.29 is 22.6 Å². The highest BCUT2D eigenvalue weighted by molar-refractivity contribution is 7.92. The van der Waals surface area contributed by atoms with Gasteiger partial charge >= 0.3 is 0 Å². The molecule has 0 aliphatic carbocycles. The van der Waals surface area contributed by atoms with Crippen LogP contribution in [0.5, 0.6) is 17.2 Å². The third-order valence-corrected chi connectivity index (χ3v) is 5.90. The van der Waals surface area contributed by atoms with Gasteiger partial charge in [-0.2, -0.15) is 5.10 Å². The number of fused-ring (bicyclic) bond motifs is 1. The molecule has 29 heavy (non-hydrogen) atoms. The second-order valence-corrected chi connectivity index (χ2v) is 8.37. The lowest BCUT2D eigenvalue weighted by Crippen LogP contribution is -2.33. The average molecular weight is 415 g/mol. The van der Waals surface area contributed by atoms with Crippen molar-refractivity contribution in [2.45, 2.75) is 24.5 Å². The Morgan fingerprint density at radius 2 is 2.03 bits per heavy atom. The van der Waals surface area contributed by atoms with Gasteiger partial charge < -0.3 is 14.2 Å². The number of methoxy groups -OCH3 is 1. The highest BCUT2D eigenvalue weighted by Crippen LogP contribution is 2.31. The third kappa shape index (κ3) is 4.14. The minimum absolute atomic E-state index is 0.157. The number of rotatable bonds is 6. The molecule has 0 saturated heterocycles. The first-order chi connectivity index (χ1) is 13.9. The summed E-state index contributed by atoms with van der Waals surface area (Å²) in [6.07, 6.45) is 2.86. The average Bonchev–Trinajstić information content (AvgIpc) is 3.13. The Labute approximate surface area is 169 Å². The molecule has 1 aliphatic rings. The van der Waals surface area contributed by atoms with E-state index in [9.17, 15) is 8.42 Å². The van der Waals surface area contributed by atoms with Crippen LogP contribution in [0.4, 0.5) is 5.69 Å². The summed E-state index contributed by atoms with van der Waals surface area (Å²) < 4.78 is 46.3. The molecule has 0 fully saturated rings. The number of benzene rings is 2. The summed E-state index contributed by atoms with van der Waals surface area (Å²) in [5, 5.41) is 4.22. The van der Waals surface area contributed by atoms with Crippen LogP contribution >= 0.6 is 0 Å². The zero-order valence-corrected chi connectivity index (χ0v) is 16.8. The van der Waals surface area contributed by atoms with E-state index in [1.54, 1.807) is 37.0 Å². The number of aryl methyl sites for hydroxylation is 1. The summed E-state index contributed by atoms with van der Waals surface area (Å²) in [5.74, 6) is 2.03. The number of hydrogen-bond donors (Lipinski definition) is 1. The monoisotopic (exact) mass is 415 g/mol. The Balaban J connectivity index is 1.43. The first kappa shape index (κ1) is 19.1. The van der Waals surface area contributed by atoms with E-state index in [1.807, 2.05) is 24.3 Å². The summed E-state index contributed by atoms with van der Waals surface area (Å²) in [6, 6.07) is 12.2. The Bertz CT molecular complexity index is 1130. The topological polar surface area (TPSA) is 91.7 Å². The molecule has 3 aromatic rings. The quantitative estimate of drug-likeness (QED) is 0.666. The minimum atomic E-state index is -3.74. The fourth-order valence-electron chi connectivity index (χ4n) is 3.11. The summed E-state index contributed by atoms with van der Waals surface area (Å²) in [6.45, 7) is 2.61. The van der Waals surface area contributed by atoms with E-state index < -0.39 is 10.0 Å². The zero-order valence-electron chi connectivity index (χ0n) is 16.0. The van der Waals surface area contributed by atoms with Crippen molar-refractivity contribution in [3.63, 3.8) is 0 Å². The largest absolute Gasteiger partial charge is 0.496 e. The molecule has 2 heterocycles. The van der Waals surface area contributed by atoms with Gasteiger partial charge in [-0.3, -0.25) is 9.40 Å². The van der Waals surface area contributed by atoms with Crippen molar-refractivity contribution in [1.82, 2.24) is 9.78 Å². The van der Waals surface area contributed by atoms with E-state index in [4.69, 9.17) is 14.2 Å². The fourth-order valence-corrected chi connectivity index (χ4v) is 4.22. The molecule has 152 valence electrons. The van der Waals surface area contributed by atoms with E-state index >= 15 is 0 Å². The van der Waals surface area contributed by atoms with Gasteiger partial charge in [0.15, 0.2) is 17.6 Å². The van der Waals surface area contributed by atoms with Crippen molar-refractivity contribution in [2.75, 3.05) is 18.4 Å². The van der Waals surface area contributed by atoms with Crippen LogP contribution in [0.15, 0.2) is 59.8 Å². The predicted molar refractivity (Wildman–Crippen MR) is 107 cm³/mol. The van der Waals surface area contributed by atoms with Crippen LogP contribution < -0.4 is 18.9 Å². The second-order valence-electron chi connectivity index (χ2n) is 6.69. The van der Waals surface area contributed by atoms with Crippen molar-refractivity contribution in [1.29, 1.82) is 0 Å². The molecule has 9 heteroatoms.